The highest BCUT2D eigenvalue weighted by Crippen LogP contribution is 2.27. The molecule has 0 aliphatic heterocycles. The van der Waals surface area contributed by atoms with Crippen LogP contribution in [0, 0.1) is 11.6 Å². The van der Waals surface area contributed by atoms with Crippen LogP contribution in [-0.4, -0.2) is 43.9 Å². The topological polar surface area (TPSA) is 86.7 Å². The van der Waals surface area contributed by atoms with Gasteiger partial charge in [0.05, 0.1) is 16.7 Å². The van der Waals surface area contributed by atoms with Crippen LogP contribution in [0.5, 0.6) is 0 Å². The van der Waals surface area contributed by atoms with Crippen LogP contribution in [0.2, 0.25) is 10.0 Å². The number of sulfonamides is 1. The van der Waals surface area contributed by atoms with Gasteiger partial charge in [-0.3, -0.25) is 4.79 Å². The van der Waals surface area contributed by atoms with Gasteiger partial charge in [0.2, 0.25) is 10.0 Å². The van der Waals surface area contributed by atoms with Crippen LogP contribution >= 0.6 is 23.2 Å². The van der Waals surface area contributed by atoms with E-state index in [2.05, 4.69) is 5.32 Å². The third kappa shape index (κ3) is 4.74. The Morgan fingerprint density at radius 3 is 2.44 bits per heavy atom. The Morgan fingerprint density at radius 1 is 1.19 bits per heavy atom. The molecule has 6 nitrogen and oxygen atoms in total. The molecule has 0 unspecified atom stereocenters. The Morgan fingerprint density at radius 2 is 1.85 bits per heavy atom. The van der Waals surface area contributed by atoms with Gasteiger partial charge in [0, 0.05) is 30.9 Å². The van der Waals surface area contributed by atoms with Gasteiger partial charge in [0.15, 0.2) is 11.6 Å². The molecule has 27 heavy (non-hydrogen) atoms. The molecule has 0 bridgehead atoms. The largest absolute Gasteiger partial charge is 0.395 e. The van der Waals surface area contributed by atoms with Gasteiger partial charge in [0.1, 0.15) is 4.90 Å². The lowest BCUT2D eigenvalue weighted by atomic mass is 10.2. The van der Waals surface area contributed by atoms with Crippen molar-refractivity contribution in [2.45, 2.75) is 4.90 Å². The van der Waals surface area contributed by atoms with E-state index >= 15 is 0 Å². The lowest BCUT2D eigenvalue weighted by Gasteiger charge is -2.17. The molecule has 0 aromatic heterocycles. The number of nitrogens with zero attached hydrogens (tertiary/aromatic N) is 1. The average molecular weight is 439 g/mol. The molecule has 0 spiro atoms. The number of aliphatic hydroxyl groups is 1. The summed E-state index contributed by atoms with van der Waals surface area (Å²) in [7, 11) is -2.80. The molecular formula is C16H14Cl2F2N2O4S. The summed E-state index contributed by atoms with van der Waals surface area (Å²) in [6, 6.07) is 5.28. The number of benzene rings is 2. The number of amides is 1. The fraction of sp³-hybridized carbons (Fsp3) is 0.188. The monoisotopic (exact) mass is 438 g/mol. The number of carbonyl (C=O) groups excluding carboxylic acids is 1. The SMILES string of the molecule is CN(CCO)S(=O)(=O)c1cc(C(=O)Nc2cc(F)c(F)c(Cl)c2)ccc1Cl. The zero-order chi connectivity index (χ0) is 20.4. The molecular weight excluding hydrogens is 425 g/mol. The molecule has 0 saturated carbocycles. The molecule has 0 aliphatic rings. The molecule has 0 atom stereocenters. The number of carbonyl (C=O) groups is 1. The summed E-state index contributed by atoms with van der Waals surface area (Å²) in [5.41, 5.74) is -0.197. The van der Waals surface area contributed by atoms with Crippen LogP contribution in [0.25, 0.3) is 0 Å². The summed E-state index contributed by atoms with van der Waals surface area (Å²) in [6.07, 6.45) is 0. The summed E-state index contributed by atoms with van der Waals surface area (Å²) in [5.74, 6) is -3.28. The van der Waals surface area contributed by atoms with E-state index in [1.54, 1.807) is 0 Å². The number of anilines is 1. The van der Waals surface area contributed by atoms with Gasteiger partial charge in [-0.15, -0.1) is 0 Å². The maximum Gasteiger partial charge on any atom is 0.255 e. The minimum absolute atomic E-state index is 0.0868. The molecule has 0 radical (unpaired) electrons. The molecule has 11 heteroatoms. The molecule has 2 rings (SSSR count). The van der Waals surface area contributed by atoms with Crippen molar-refractivity contribution in [3.05, 3.63) is 57.6 Å². The lowest BCUT2D eigenvalue weighted by molar-refractivity contribution is 0.102. The van der Waals surface area contributed by atoms with E-state index in [9.17, 15) is 22.0 Å². The quantitative estimate of drug-likeness (QED) is 0.678. The second-order valence-electron chi connectivity index (χ2n) is 5.40. The van der Waals surface area contributed by atoms with E-state index in [1.807, 2.05) is 0 Å². The zero-order valence-electron chi connectivity index (χ0n) is 13.8. The molecule has 0 aliphatic carbocycles. The third-order valence-electron chi connectivity index (χ3n) is 3.54. The number of halogens is 4. The Bertz CT molecular complexity index is 963. The van der Waals surface area contributed by atoms with Gasteiger partial charge >= 0.3 is 0 Å². The highest BCUT2D eigenvalue weighted by atomic mass is 35.5. The van der Waals surface area contributed by atoms with E-state index in [1.165, 1.54) is 19.2 Å². The van der Waals surface area contributed by atoms with E-state index < -0.39 is 39.2 Å². The van der Waals surface area contributed by atoms with Crippen LogP contribution in [0.3, 0.4) is 0 Å². The van der Waals surface area contributed by atoms with Gasteiger partial charge in [-0.1, -0.05) is 23.2 Å². The first kappa shape index (κ1) is 21.5. The maximum atomic E-state index is 13.4. The van der Waals surface area contributed by atoms with E-state index in [0.717, 1.165) is 22.5 Å². The van der Waals surface area contributed by atoms with Gasteiger partial charge in [-0.2, -0.15) is 4.31 Å². The van der Waals surface area contributed by atoms with Crippen molar-refractivity contribution in [1.82, 2.24) is 4.31 Å². The smallest absolute Gasteiger partial charge is 0.255 e. The predicted molar refractivity (Wildman–Crippen MR) is 97.7 cm³/mol. The summed E-state index contributed by atoms with van der Waals surface area (Å²) < 4.78 is 52.5. The molecule has 2 aromatic rings. The van der Waals surface area contributed by atoms with Crippen molar-refractivity contribution >= 4 is 44.8 Å². The van der Waals surface area contributed by atoms with E-state index in [0.29, 0.717) is 0 Å². The normalized spacial score (nSPS) is 11.7. The Labute approximate surface area is 164 Å². The van der Waals surface area contributed by atoms with E-state index in [4.69, 9.17) is 28.3 Å². The molecule has 0 saturated heterocycles. The molecule has 2 N–H and O–H groups in total. The second kappa shape index (κ2) is 8.49. The van der Waals surface area contributed by atoms with Crippen molar-refractivity contribution in [2.24, 2.45) is 0 Å². The fourth-order valence-corrected chi connectivity index (χ4v) is 3.97. The van der Waals surface area contributed by atoms with Crippen molar-refractivity contribution in [3.63, 3.8) is 0 Å². The van der Waals surface area contributed by atoms with Gasteiger partial charge in [0.25, 0.3) is 5.91 Å². The van der Waals surface area contributed by atoms with Crippen LogP contribution in [-0.2, 0) is 10.0 Å². The Hall–Kier alpha value is -1.78. The minimum atomic E-state index is -4.05. The third-order valence-corrected chi connectivity index (χ3v) is 6.15. The summed E-state index contributed by atoms with van der Waals surface area (Å²) in [4.78, 5) is 12.0. The maximum absolute atomic E-state index is 13.4. The van der Waals surface area contributed by atoms with E-state index in [-0.39, 0.29) is 27.7 Å². The number of rotatable bonds is 6. The van der Waals surface area contributed by atoms with Crippen molar-refractivity contribution in [1.29, 1.82) is 0 Å². The minimum Gasteiger partial charge on any atom is -0.395 e. The fourth-order valence-electron chi connectivity index (χ4n) is 2.10. The van der Waals surface area contributed by atoms with Gasteiger partial charge in [-0.25, -0.2) is 17.2 Å². The first-order chi connectivity index (χ1) is 12.6. The molecule has 0 heterocycles. The van der Waals surface area contributed by atoms with Crippen LogP contribution in [0.15, 0.2) is 35.2 Å². The zero-order valence-corrected chi connectivity index (χ0v) is 16.2. The van der Waals surface area contributed by atoms with Crippen LogP contribution in [0.1, 0.15) is 10.4 Å². The predicted octanol–water partition coefficient (Wildman–Crippen LogP) is 3.14. The summed E-state index contributed by atoms with van der Waals surface area (Å²) in [5, 5.41) is 10.6. The molecule has 2 aromatic carbocycles. The number of aliphatic hydroxyl groups excluding tert-OH is 1. The second-order valence-corrected chi connectivity index (χ2v) is 8.23. The molecule has 146 valence electrons. The van der Waals surface area contributed by atoms with Crippen LogP contribution < -0.4 is 5.32 Å². The number of likely N-dealkylation sites (N-methyl/N-ethyl adjacent to an activating group) is 1. The highest BCUT2D eigenvalue weighted by molar-refractivity contribution is 7.89. The summed E-state index contributed by atoms with van der Waals surface area (Å²) >= 11 is 11.5. The van der Waals surface area contributed by atoms with Crippen molar-refractivity contribution in [3.8, 4) is 0 Å². The number of hydrogen-bond donors (Lipinski definition) is 2. The first-order valence-electron chi connectivity index (χ1n) is 7.40. The molecule has 1 amide bonds. The van der Waals surface area contributed by atoms with Crippen LogP contribution in [0.4, 0.5) is 14.5 Å². The van der Waals surface area contributed by atoms with Gasteiger partial charge in [-0.05, 0) is 24.3 Å². The Balaban J connectivity index is 2.36. The number of hydrogen-bond acceptors (Lipinski definition) is 4. The first-order valence-corrected chi connectivity index (χ1v) is 9.60. The molecule has 0 fully saturated rings. The lowest BCUT2D eigenvalue weighted by Crippen LogP contribution is -2.30. The average Bonchev–Trinajstić information content (AvgIpc) is 2.59. The van der Waals surface area contributed by atoms with Crippen molar-refractivity contribution < 1.29 is 27.1 Å². The standard InChI is InChI=1S/C16H14Cl2F2N2O4S/c1-22(4-5-23)27(25,26)14-6-9(2-3-11(14)17)16(24)21-10-7-12(18)15(20)13(19)8-10/h2-3,6-8,23H,4-5H2,1H3,(H,21,24). The van der Waals surface area contributed by atoms with Crippen molar-refractivity contribution in [2.75, 3.05) is 25.5 Å². The van der Waals surface area contributed by atoms with Gasteiger partial charge < -0.3 is 10.4 Å². The number of nitrogens with one attached hydrogen (secondary N) is 1. The highest BCUT2D eigenvalue weighted by Gasteiger charge is 2.25. The summed E-state index contributed by atoms with van der Waals surface area (Å²) in [6.45, 7) is -0.563. The Kier molecular flexibility index (Phi) is 6.77.